The highest BCUT2D eigenvalue weighted by molar-refractivity contribution is 5.71. The standard InChI is InChI=1S/C59H114O6/c1-4-7-10-13-16-19-22-25-27-29-31-34-36-39-42-45-48-51-57(60)63-54-56(65-59(62)53-50-47-44-41-38-33-24-21-18-15-12-9-6-3)55-64-58(61)52-49-46-43-40-37-35-32-30-28-26-23-20-17-14-11-8-5-2/h56H,4-55H2,1-3H3. The largest absolute Gasteiger partial charge is 0.462 e. The van der Waals surface area contributed by atoms with Crippen molar-refractivity contribution in [2.24, 2.45) is 0 Å². The predicted octanol–water partition coefficient (Wildman–Crippen LogP) is 19.5. The molecule has 0 aromatic heterocycles. The number of carbonyl (C=O) groups excluding carboxylic acids is 3. The minimum atomic E-state index is -0.761. The Morgan fingerprint density at radius 1 is 0.246 bits per heavy atom. The van der Waals surface area contributed by atoms with Crippen molar-refractivity contribution >= 4 is 17.9 Å². The van der Waals surface area contributed by atoms with E-state index in [1.165, 1.54) is 244 Å². The third-order valence-corrected chi connectivity index (χ3v) is 13.6. The van der Waals surface area contributed by atoms with Crippen molar-refractivity contribution in [3.63, 3.8) is 0 Å². The Morgan fingerprint density at radius 3 is 0.615 bits per heavy atom. The van der Waals surface area contributed by atoms with Crippen LogP contribution in [0.1, 0.15) is 342 Å². The van der Waals surface area contributed by atoms with Gasteiger partial charge in [0.25, 0.3) is 0 Å². The van der Waals surface area contributed by atoms with Crippen LogP contribution in [0.3, 0.4) is 0 Å². The van der Waals surface area contributed by atoms with E-state index in [2.05, 4.69) is 20.8 Å². The maximum Gasteiger partial charge on any atom is 0.306 e. The smallest absolute Gasteiger partial charge is 0.306 e. The Kier molecular flexibility index (Phi) is 53.7. The van der Waals surface area contributed by atoms with Crippen molar-refractivity contribution in [2.75, 3.05) is 13.2 Å². The van der Waals surface area contributed by atoms with Gasteiger partial charge in [-0.3, -0.25) is 14.4 Å². The van der Waals surface area contributed by atoms with Crippen LogP contribution in [0.15, 0.2) is 0 Å². The maximum absolute atomic E-state index is 12.8. The molecular weight excluding hydrogens is 805 g/mol. The number of hydrogen-bond donors (Lipinski definition) is 0. The SMILES string of the molecule is CCCCCCCCCCCCCCCCCCCC(=O)OCC(COC(=O)CCCCCCCCCCCCCCCCCCC)OC(=O)CCCCCCCCCCCCCCC. The Bertz CT molecular complexity index is 913. The predicted molar refractivity (Wildman–Crippen MR) is 280 cm³/mol. The first-order valence-electron chi connectivity index (χ1n) is 29.5. The molecule has 6 heteroatoms. The van der Waals surface area contributed by atoms with E-state index in [4.69, 9.17) is 14.2 Å². The van der Waals surface area contributed by atoms with Crippen molar-refractivity contribution in [3.8, 4) is 0 Å². The molecule has 0 saturated heterocycles. The lowest BCUT2D eigenvalue weighted by Crippen LogP contribution is -2.30. The second-order valence-corrected chi connectivity index (χ2v) is 20.3. The van der Waals surface area contributed by atoms with Crippen LogP contribution in [-0.4, -0.2) is 37.2 Å². The molecule has 0 aromatic rings. The molecule has 0 unspecified atom stereocenters. The van der Waals surface area contributed by atoms with E-state index in [0.717, 1.165) is 57.8 Å². The minimum Gasteiger partial charge on any atom is -0.462 e. The fourth-order valence-corrected chi connectivity index (χ4v) is 9.15. The van der Waals surface area contributed by atoms with Crippen LogP contribution in [0.5, 0.6) is 0 Å². The highest BCUT2D eigenvalue weighted by Crippen LogP contribution is 2.18. The third-order valence-electron chi connectivity index (χ3n) is 13.6. The second-order valence-electron chi connectivity index (χ2n) is 20.3. The molecule has 0 saturated carbocycles. The Labute approximate surface area is 406 Å². The van der Waals surface area contributed by atoms with Gasteiger partial charge in [0, 0.05) is 19.3 Å². The maximum atomic E-state index is 12.8. The molecule has 0 aliphatic carbocycles. The summed E-state index contributed by atoms with van der Waals surface area (Å²) in [6.07, 6.45) is 60.9. The number of esters is 3. The van der Waals surface area contributed by atoms with E-state index in [1.54, 1.807) is 0 Å². The molecule has 6 nitrogen and oxygen atoms in total. The van der Waals surface area contributed by atoms with E-state index >= 15 is 0 Å². The van der Waals surface area contributed by atoms with E-state index in [1.807, 2.05) is 0 Å². The van der Waals surface area contributed by atoms with Gasteiger partial charge in [-0.15, -0.1) is 0 Å². The lowest BCUT2D eigenvalue weighted by Gasteiger charge is -2.18. The van der Waals surface area contributed by atoms with Gasteiger partial charge in [0.2, 0.25) is 0 Å². The quantitative estimate of drug-likeness (QED) is 0.0344. The van der Waals surface area contributed by atoms with Gasteiger partial charge in [0.15, 0.2) is 6.10 Å². The van der Waals surface area contributed by atoms with Crippen molar-refractivity contribution in [1.29, 1.82) is 0 Å². The zero-order valence-corrected chi connectivity index (χ0v) is 44.3. The molecule has 65 heavy (non-hydrogen) atoms. The molecule has 0 amide bonds. The van der Waals surface area contributed by atoms with Crippen LogP contribution in [0.25, 0.3) is 0 Å². The van der Waals surface area contributed by atoms with Gasteiger partial charge in [0.1, 0.15) is 13.2 Å². The average molecular weight is 920 g/mol. The van der Waals surface area contributed by atoms with Gasteiger partial charge in [-0.05, 0) is 19.3 Å². The number of rotatable bonds is 55. The second kappa shape index (κ2) is 55.0. The molecule has 0 atom stereocenters. The van der Waals surface area contributed by atoms with Gasteiger partial charge < -0.3 is 14.2 Å². The van der Waals surface area contributed by atoms with Crippen LogP contribution in [0, 0.1) is 0 Å². The van der Waals surface area contributed by atoms with E-state index in [-0.39, 0.29) is 31.1 Å². The highest BCUT2D eigenvalue weighted by atomic mass is 16.6. The summed E-state index contributed by atoms with van der Waals surface area (Å²) >= 11 is 0. The fourth-order valence-electron chi connectivity index (χ4n) is 9.15. The van der Waals surface area contributed by atoms with Gasteiger partial charge in [0.05, 0.1) is 0 Å². The lowest BCUT2D eigenvalue weighted by molar-refractivity contribution is -0.167. The molecule has 0 radical (unpaired) electrons. The molecular formula is C59H114O6. The molecule has 0 rings (SSSR count). The number of ether oxygens (including phenoxy) is 3. The molecule has 0 aliphatic rings. The summed E-state index contributed by atoms with van der Waals surface area (Å²) in [5.74, 6) is -0.830. The normalized spacial score (nSPS) is 11.4. The Balaban J connectivity index is 4.26. The summed E-state index contributed by atoms with van der Waals surface area (Å²) in [7, 11) is 0. The molecule has 0 spiro atoms. The van der Waals surface area contributed by atoms with Crippen molar-refractivity contribution in [2.45, 2.75) is 348 Å². The summed E-state index contributed by atoms with van der Waals surface area (Å²) in [4.78, 5) is 38.1. The molecule has 0 heterocycles. The highest BCUT2D eigenvalue weighted by Gasteiger charge is 2.19. The summed E-state index contributed by atoms with van der Waals surface area (Å²) < 4.78 is 16.9. The van der Waals surface area contributed by atoms with Crippen molar-refractivity contribution < 1.29 is 28.6 Å². The van der Waals surface area contributed by atoms with E-state index in [0.29, 0.717) is 19.3 Å². The first kappa shape index (κ1) is 63.4. The van der Waals surface area contributed by atoms with Gasteiger partial charge in [-0.2, -0.15) is 0 Å². The number of unbranched alkanes of at least 4 members (excludes halogenated alkanes) is 44. The third kappa shape index (κ3) is 53.2. The van der Waals surface area contributed by atoms with Gasteiger partial charge in [-0.25, -0.2) is 0 Å². The summed E-state index contributed by atoms with van der Waals surface area (Å²) in [5.41, 5.74) is 0. The lowest BCUT2D eigenvalue weighted by atomic mass is 10.0. The Morgan fingerprint density at radius 2 is 0.415 bits per heavy atom. The van der Waals surface area contributed by atoms with Crippen LogP contribution in [0.2, 0.25) is 0 Å². The van der Waals surface area contributed by atoms with Gasteiger partial charge >= 0.3 is 17.9 Å². The van der Waals surface area contributed by atoms with Crippen LogP contribution in [0.4, 0.5) is 0 Å². The van der Waals surface area contributed by atoms with E-state index < -0.39 is 6.10 Å². The van der Waals surface area contributed by atoms with Gasteiger partial charge in [-0.1, -0.05) is 303 Å². The molecule has 386 valence electrons. The first-order valence-corrected chi connectivity index (χ1v) is 29.5. The number of carbonyl (C=O) groups is 3. The topological polar surface area (TPSA) is 78.9 Å². The fraction of sp³-hybridized carbons (Fsp3) is 0.949. The Hall–Kier alpha value is -1.59. The first-order chi connectivity index (χ1) is 32.0. The molecule has 0 aliphatic heterocycles. The van der Waals surface area contributed by atoms with Crippen LogP contribution < -0.4 is 0 Å². The monoisotopic (exact) mass is 919 g/mol. The number of hydrogen-bond acceptors (Lipinski definition) is 6. The molecule has 0 N–H and O–H groups in total. The molecule has 0 fully saturated rings. The summed E-state index contributed by atoms with van der Waals surface area (Å²) in [6.45, 7) is 6.71. The summed E-state index contributed by atoms with van der Waals surface area (Å²) in [6, 6.07) is 0. The summed E-state index contributed by atoms with van der Waals surface area (Å²) in [5, 5.41) is 0. The van der Waals surface area contributed by atoms with Crippen LogP contribution >= 0.6 is 0 Å². The zero-order valence-electron chi connectivity index (χ0n) is 44.3. The van der Waals surface area contributed by atoms with E-state index in [9.17, 15) is 14.4 Å². The minimum absolute atomic E-state index is 0.0610. The molecule has 0 aromatic carbocycles. The van der Waals surface area contributed by atoms with Crippen molar-refractivity contribution in [3.05, 3.63) is 0 Å². The molecule has 0 bridgehead atoms. The zero-order chi connectivity index (χ0) is 47.2. The average Bonchev–Trinajstić information content (AvgIpc) is 3.30. The van der Waals surface area contributed by atoms with Crippen LogP contribution in [-0.2, 0) is 28.6 Å². The van der Waals surface area contributed by atoms with Crippen molar-refractivity contribution in [1.82, 2.24) is 0 Å².